The molecule has 1 amide bonds. The lowest BCUT2D eigenvalue weighted by Gasteiger charge is -2.17. The van der Waals surface area contributed by atoms with Crippen molar-refractivity contribution >= 4 is 5.91 Å². The lowest BCUT2D eigenvalue weighted by Crippen LogP contribution is -2.38. The van der Waals surface area contributed by atoms with Crippen molar-refractivity contribution in [1.82, 2.24) is 20.1 Å². The van der Waals surface area contributed by atoms with Crippen LogP contribution in [0.5, 0.6) is 0 Å². The Bertz CT molecular complexity index is 366. The molecule has 0 aromatic carbocycles. The molecule has 0 spiro atoms. The Morgan fingerprint density at radius 2 is 2.44 bits per heavy atom. The number of amides is 1. The summed E-state index contributed by atoms with van der Waals surface area (Å²) < 4.78 is 1.51. The first-order valence-electron chi connectivity index (χ1n) is 5.27. The third kappa shape index (κ3) is 3.09. The van der Waals surface area contributed by atoms with Crippen molar-refractivity contribution in [2.75, 3.05) is 0 Å². The Balaban J connectivity index is 2.55. The van der Waals surface area contributed by atoms with Crippen LogP contribution in [0.2, 0.25) is 0 Å². The molecule has 1 N–H and O–H groups in total. The highest BCUT2D eigenvalue weighted by molar-refractivity contribution is 5.80. The molecule has 0 saturated heterocycles. The number of carbonyl (C=O) groups excluding carboxylic acids is 1. The van der Waals surface area contributed by atoms with E-state index in [9.17, 15) is 4.79 Å². The maximum atomic E-state index is 11.8. The second kappa shape index (κ2) is 5.91. The third-order valence-electron chi connectivity index (χ3n) is 2.42. The van der Waals surface area contributed by atoms with Crippen molar-refractivity contribution in [2.24, 2.45) is 0 Å². The number of terminal acetylenes is 1. The molecule has 5 heteroatoms. The van der Waals surface area contributed by atoms with Gasteiger partial charge in [0.1, 0.15) is 18.7 Å². The molecular weight excluding hydrogens is 204 g/mol. The van der Waals surface area contributed by atoms with Crippen molar-refractivity contribution in [3.63, 3.8) is 0 Å². The fourth-order valence-corrected chi connectivity index (χ4v) is 1.30. The van der Waals surface area contributed by atoms with Crippen LogP contribution in [0, 0.1) is 12.3 Å². The van der Waals surface area contributed by atoms with Crippen molar-refractivity contribution in [1.29, 1.82) is 0 Å². The fraction of sp³-hybridized carbons (Fsp3) is 0.545. The summed E-state index contributed by atoms with van der Waals surface area (Å²) in [6.07, 6.45) is 9.52. The molecule has 1 aromatic heterocycles. The number of rotatable bonds is 5. The van der Waals surface area contributed by atoms with Gasteiger partial charge in [0.05, 0.1) is 0 Å². The summed E-state index contributed by atoms with van der Waals surface area (Å²) in [6.45, 7) is 3.76. The number of nitrogens with one attached hydrogen (secondary N) is 1. The normalized spacial score (nSPS) is 13.8. The molecule has 0 saturated carbocycles. The van der Waals surface area contributed by atoms with Gasteiger partial charge in [-0.15, -0.1) is 12.3 Å². The van der Waals surface area contributed by atoms with Gasteiger partial charge in [-0.25, -0.2) is 9.67 Å². The van der Waals surface area contributed by atoms with E-state index in [0.717, 1.165) is 6.42 Å². The molecule has 2 unspecified atom stereocenters. The summed E-state index contributed by atoms with van der Waals surface area (Å²) in [4.78, 5) is 15.6. The van der Waals surface area contributed by atoms with E-state index in [4.69, 9.17) is 6.42 Å². The van der Waals surface area contributed by atoms with Gasteiger partial charge in [-0.05, 0) is 13.3 Å². The van der Waals surface area contributed by atoms with Gasteiger partial charge in [-0.3, -0.25) is 4.79 Å². The molecular formula is C11H16N4O. The van der Waals surface area contributed by atoms with E-state index in [-0.39, 0.29) is 18.0 Å². The molecule has 0 bridgehead atoms. The highest BCUT2D eigenvalue weighted by Crippen LogP contribution is 2.04. The standard InChI is InChI=1S/C11H16N4O/c1-4-6-10(5-2)14-11(16)9(3)15-8-12-7-13-15/h1,7-10H,5-6H2,2-3H3,(H,14,16). The minimum Gasteiger partial charge on any atom is -0.351 e. The summed E-state index contributed by atoms with van der Waals surface area (Å²) in [7, 11) is 0. The number of hydrogen-bond donors (Lipinski definition) is 1. The highest BCUT2D eigenvalue weighted by Gasteiger charge is 2.17. The Hall–Kier alpha value is -1.83. The molecule has 0 fully saturated rings. The summed E-state index contributed by atoms with van der Waals surface area (Å²) >= 11 is 0. The quantitative estimate of drug-likeness (QED) is 0.745. The topological polar surface area (TPSA) is 59.8 Å². The molecule has 1 heterocycles. The average molecular weight is 220 g/mol. The van der Waals surface area contributed by atoms with E-state index >= 15 is 0 Å². The predicted octanol–water partition coefficient (Wildman–Crippen LogP) is 0.757. The smallest absolute Gasteiger partial charge is 0.244 e. The van der Waals surface area contributed by atoms with Gasteiger partial charge in [0.25, 0.3) is 0 Å². The van der Waals surface area contributed by atoms with E-state index in [0.29, 0.717) is 6.42 Å². The monoisotopic (exact) mass is 220 g/mol. The highest BCUT2D eigenvalue weighted by atomic mass is 16.2. The zero-order valence-corrected chi connectivity index (χ0v) is 9.55. The first-order chi connectivity index (χ1) is 7.69. The Labute approximate surface area is 95.3 Å². The van der Waals surface area contributed by atoms with Crippen LogP contribution in [-0.2, 0) is 4.79 Å². The Kier molecular flexibility index (Phi) is 4.52. The lowest BCUT2D eigenvalue weighted by atomic mass is 10.1. The van der Waals surface area contributed by atoms with E-state index in [1.54, 1.807) is 6.92 Å². The van der Waals surface area contributed by atoms with Crippen LogP contribution in [0.4, 0.5) is 0 Å². The van der Waals surface area contributed by atoms with Gasteiger partial charge in [0.2, 0.25) is 5.91 Å². The van der Waals surface area contributed by atoms with E-state index in [2.05, 4.69) is 21.3 Å². The van der Waals surface area contributed by atoms with Crippen LogP contribution in [0.25, 0.3) is 0 Å². The number of nitrogens with zero attached hydrogens (tertiary/aromatic N) is 3. The van der Waals surface area contributed by atoms with E-state index in [1.807, 2.05) is 6.92 Å². The summed E-state index contributed by atoms with van der Waals surface area (Å²) in [6, 6.07) is -0.335. The summed E-state index contributed by atoms with van der Waals surface area (Å²) in [5.74, 6) is 2.46. The molecule has 1 aromatic rings. The molecule has 0 aliphatic rings. The second-order valence-corrected chi connectivity index (χ2v) is 3.57. The molecule has 16 heavy (non-hydrogen) atoms. The number of carbonyl (C=O) groups is 1. The first-order valence-corrected chi connectivity index (χ1v) is 5.27. The molecule has 0 aliphatic carbocycles. The Morgan fingerprint density at radius 3 is 2.94 bits per heavy atom. The number of aromatic nitrogens is 3. The molecule has 0 radical (unpaired) electrons. The molecule has 86 valence electrons. The van der Waals surface area contributed by atoms with Crippen LogP contribution in [-0.4, -0.2) is 26.7 Å². The van der Waals surface area contributed by atoms with Gasteiger partial charge in [-0.1, -0.05) is 6.92 Å². The molecule has 1 rings (SSSR count). The van der Waals surface area contributed by atoms with Crippen LogP contribution < -0.4 is 5.32 Å². The summed E-state index contributed by atoms with van der Waals surface area (Å²) in [5, 5.41) is 6.81. The van der Waals surface area contributed by atoms with Crippen molar-refractivity contribution in [2.45, 2.75) is 38.8 Å². The van der Waals surface area contributed by atoms with Gasteiger partial charge >= 0.3 is 0 Å². The van der Waals surface area contributed by atoms with Gasteiger partial charge in [0.15, 0.2) is 0 Å². The minimum absolute atomic E-state index is 0.0310. The maximum absolute atomic E-state index is 11.8. The average Bonchev–Trinajstić information content (AvgIpc) is 2.80. The second-order valence-electron chi connectivity index (χ2n) is 3.57. The first kappa shape index (κ1) is 12.2. The summed E-state index contributed by atoms with van der Waals surface area (Å²) in [5.41, 5.74) is 0. The maximum Gasteiger partial charge on any atom is 0.244 e. The van der Waals surface area contributed by atoms with Crippen LogP contribution >= 0.6 is 0 Å². The number of hydrogen-bond acceptors (Lipinski definition) is 3. The van der Waals surface area contributed by atoms with Crippen molar-refractivity contribution < 1.29 is 4.79 Å². The fourth-order valence-electron chi connectivity index (χ4n) is 1.30. The van der Waals surface area contributed by atoms with Gasteiger partial charge in [-0.2, -0.15) is 5.10 Å². The van der Waals surface area contributed by atoms with Crippen molar-refractivity contribution in [3.05, 3.63) is 12.7 Å². The van der Waals surface area contributed by atoms with Gasteiger partial charge < -0.3 is 5.32 Å². The Morgan fingerprint density at radius 1 is 1.69 bits per heavy atom. The lowest BCUT2D eigenvalue weighted by molar-refractivity contribution is -0.124. The SMILES string of the molecule is C#CCC(CC)NC(=O)C(C)n1cncn1. The van der Waals surface area contributed by atoms with E-state index < -0.39 is 0 Å². The van der Waals surface area contributed by atoms with Crippen LogP contribution in [0.3, 0.4) is 0 Å². The third-order valence-corrected chi connectivity index (χ3v) is 2.42. The van der Waals surface area contributed by atoms with Gasteiger partial charge in [0, 0.05) is 12.5 Å². The van der Waals surface area contributed by atoms with E-state index in [1.165, 1.54) is 17.3 Å². The molecule has 0 aliphatic heterocycles. The largest absolute Gasteiger partial charge is 0.351 e. The zero-order valence-electron chi connectivity index (χ0n) is 9.55. The predicted molar refractivity (Wildman–Crippen MR) is 60.4 cm³/mol. The minimum atomic E-state index is -0.366. The molecule has 2 atom stereocenters. The van der Waals surface area contributed by atoms with Crippen molar-refractivity contribution in [3.8, 4) is 12.3 Å². The zero-order chi connectivity index (χ0) is 12.0. The van der Waals surface area contributed by atoms with Crippen LogP contribution in [0.1, 0.15) is 32.7 Å². The van der Waals surface area contributed by atoms with Crippen LogP contribution in [0.15, 0.2) is 12.7 Å². The molecule has 5 nitrogen and oxygen atoms in total.